The number of ether oxygens (including phenoxy) is 3. The Balaban J connectivity index is 1.89. The molecule has 4 rings (SSSR count). The summed E-state index contributed by atoms with van der Waals surface area (Å²) in [6.07, 6.45) is 3.92. The van der Waals surface area contributed by atoms with Crippen molar-refractivity contribution in [1.29, 1.82) is 0 Å². The summed E-state index contributed by atoms with van der Waals surface area (Å²) in [4.78, 5) is 12.8. The molecular weight excluding hydrogens is 404 g/mol. The van der Waals surface area contributed by atoms with Crippen molar-refractivity contribution in [1.82, 2.24) is 0 Å². The molecular formula is C27H24O5. The molecule has 5 nitrogen and oxygen atoms in total. The maximum Gasteiger partial charge on any atom is 0.193 e. The van der Waals surface area contributed by atoms with E-state index in [0.29, 0.717) is 33.8 Å². The van der Waals surface area contributed by atoms with Gasteiger partial charge in [0.2, 0.25) is 0 Å². The maximum absolute atomic E-state index is 12.8. The van der Waals surface area contributed by atoms with Crippen LogP contribution in [0.1, 0.15) is 16.7 Å². The van der Waals surface area contributed by atoms with E-state index in [9.17, 15) is 4.79 Å². The molecule has 4 aromatic rings. The number of rotatable bonds is 6. The zero-order chi connectivity index (χ0) is 22.7. The lowest BCUT2D eigenvalue weighted by atomic mass is 10.0. The van der Waals surface area contributed by atoms with Gasteiger partial charge in [-0.15, -0.1) is 0 Å². The lowest BCUT2D eigenvalue weighted by molar-refractivity contribution is 0.394. The van der Waals surface area contributed by atoms with Gasteiger partial charge < -0.3 is 18.6 Å². The number of hydrogen-bond donors (Lipinski definition) is 0. The molecule has 5 heteroatoms. The molecule has 0 radical (unpaired) electrons. The Morgan fingerprint density at radius 1 is 0.781 bits per heavy atom. The number of hydrogen-bond acceptors (Lipinski definition) is 5. The predicted molar refractivity (Wildman–Crippen MR) is 128 cm³/mol. The largest absolute Gasteiger partial charge is 0.497 e. The zero-order valence-corrected chi connectivity index (χ0v) is 18.5. The zero-order valence-electron chi connectivity index (χ0n) is 18.5. The summed E-state index contributed by atoms with van der Waals surface area (Å²) < 4.78 is 22.5. The standard InChI is InChI=1S/C27H24O5/c1-17-5-12-24-22(13-17)23(28)16-26(32-24)27-19(14-21(30-3)15-25(27)31-4)9-6-18-7-10-20(29-2)11-8-18/h5-16H,1-4H3. The van der Waals surface area contributed by atoms with Gasteiger partial charge in [0.15, 0.2) is 5.43 Å². The van der Waals surface area contributed by atoms with Gasteiger partial charge in [-0.25, -0.2) is 0 Å². The second kappa shape index (κ2) is 9.02. The molecule has 0 bridgehead atoms. The van der Waals surface area contributed by atoms with Crippen LogP contribution >= 0.6 is 0 Å². The van der Waals surface area contributed by atoms with Crippen LogP contribution in [0.15, 0.2) is 69.9 Å². The molecule has 32 heavy (non-hydrogen) atoms. The number of benzene rings is 3. The van der Waals surface area contributed by atoms with E-state index in [1.807, 2.05) is 67.6 Å². The van der Waals surface area contributed by atoms with Crippen LogP contribution in [-0.4, -0.2) is 21.3 Å². The summed E-state index contributed by atoms with van der Waals surface area (Å²) in [5.74, 6) is 2.41. The highest BCUT2D eigenvalue weighted by Crippen LogP contribution is 2.38. The topological polar surface area (TPSA) is 57.9 Å². The molecule has 0 atom stereocenters. The maximum atomic E-state index is 12.8. The minimum Gasteiger partial charge on any atom is -0.497 e. The molecule has 0 aliphatic carbocycles. The summed E-state index contributed by atoms with van der Waals surface area (Å²) in [5, 5.41) is 0.552. The lowest BCUT2D eigenvalue weighted by Gasteiger charge is -2.14. The summed E-state index contributed by atoms with van der Waals surface area (Å²) in [5.41, 5.74) is 3.90. The van der Waals surface area contributed by atoms with Crippen molar-refractivity contribution < 1.29 is 18.6 Å². The Kier molecular flexibility index (Phi) is 5.99. The van der Waals surface area contributed by atoms with Crippen LogP contribution in [0.5, 0.6) is 17.2 Å². The Morgan fingerprint density at radius 2 is 1.53 bits per heavy atom. The van der Waals surface area contributed by atoms with E-state index in [1.165, 1.54) is 6.07 Å². The average molecular weight is 428 g/mol. The molecule has 3 aromatic carbocycles. The molecule has 0 saturated heterocycles. The van der Waals surface area contributed by atoms with Gasteiger partial charge >= 0.3 is 0 Å². The van der Waals surface area contributed by atoms with Crippen LogP contribution in [0.2, 0.25) is 0 Å². The predicted octanol–water partition coefficient (Wildman–Crippen LogP) is 5.96. The van der Waals surface area contributed by atoms with Crippen molar-refractivity contribution in [2.45, 2.75) is 6.92 Å². The first-order chi connectivity index (χ1) is 15.5. The van der Waals surface area contributed by atoms with E-state index in [-0.39, 0.29) is 5.43 Å². The normalized spacial score (nSPS) is 11.1. The third-order valence-corrected chi connectivity index (χ3v) is 5.26. The third kappa shape index (κ3) is 4.23. The van der Waals surface area contributed by atoms with Gasteiger partial charge in [-0.05, 0) is 48.4 Å². The van der Waals surface area contributed by atoms with Gasteiger partial charge in [0.05, 0.1) is 32.3 Å². The van der Waals surface area contributed by atoms with Gasteiger partial charge in [-0.2, -0.15) is 0 Å². The van der Waals surface area contributed by atoms with E-state index in [0.717, 1.165) is 22.4 Å². The van der Waals surface area contributed by atoms with Gasteiger partial charge in [0.25, 0.3) is 0 Å². The summed E-state index contributed by atoms with van der Waals surface area (Å²) in [6.45, 7) is 1.95. The van der Waals surface area contributed by atoms with Gasteiger partial charge in [0, 0.05) is 12.1 Å². The molecule has 1 aromatic heterocycles. The lowest BCUT2D eigenvalue weighted by Crippen LogP contribution is -2.02. The molecule has 0 saturated carbocycles. The van der Waals surface area contributed by atoms with Crippen LogP contribution in [0.4, 0.5) is 0 Å². The Morgan fingerprint density at radius 3 is 2.22 bits per heavy atom. The van der Waals surface area contributed by atoms with Gasteiger partial charge in [-0.3, -0.25) is 4.79 Å². The van der Waals surface area contributed by atoms with E-state index in [1.54, 1.807) is 27.4 Å². The summed E-state index contributed by atoms with van der Waals surface area (Å²) in [6, 6.07) is 18.5. The number of fused-ring (bicyclic) bond motifs is 1. The number of methoxy groups -OCH3 is 3. The second-order valence-corrected chi connectivity index (χ2v) is 7.37. The molecule has 0 spiro atoms. The van der Waals surface area contributed by atoms with E-state index >= 15 is 0 Å². The fraction of sp³-hybridized carbons (Fsp3) is 0.148. The van der Waals surface area contributed by atoms with E-state index in [2.05, 4.69) is 0 Å². The first-order valence-corrected chi connectivity index (χ1v) is 10.2. The van der Waals surface area contributed by atoms with Crippen molar-refractivity contribution >= 4 is 23.1 Å². The minimum atomic E-state index is -0.104. The highest BCUT2D eigenvalue weighted by molar-refractivity contribution is 5.86. The molecule has 0 N–H and O–H groups in total. The highest BCUT2D eigenvalue weighted by Gasteiger charge is 2.17. The Labute approximate surface area is 186 Å². The molecule has 0 aliphatic rings. The molecule has 0 fully saturated rings. The minimum absolute atomic E-state index is 0.104. The van der Waals surface area contributed by atoms with Crippen molar-refractivity contribution in [3.63, 3.8) is 0 Å². The average Bonchev–Trinajstić information content (AvgIpc) is 2.82. The van der Waals surface area contributed by atoms with Crippen LogP contribution < -0.4 is 19.6 Å². The Bertz CT molecular complexity index is 1350. The van der Waals surface area contributed by atoms with Crippen LogP contribution in [-0.2, 0) is 0 Å². The highest BCUT2D eigenvalue weighted by atomic mass is 16.5. The summed E-state index contributed by atoms with van der Waals surface area (Å²) in [7, 11) is 4.82. The third-order valence-electron chi connectivity index (χ3n) is 5.26. The molecule has 162 valence electrons. The van der Waals surface area contributed by atoms with Crippen molar-refractivity contribution in [3.05, 3.63) is 87.6 Å². The van der Waals surface area contributed by atoms with Crippen LogP contribution in [0, 0.1) is 6.92 Å². The Hall–Kier alpha value is -3.99. The molecule has 0 amide bonds. The van der Waals surface area contributed by atoms with Gasteiger partial charge in [0.1, 0.15) is 28.6 Å². The second-order valence-electron chi connectivity index (χ2n) is 7.37. The first kappa shape index (κ1) is 21.2. The van der Waals surface area contributed by atoms with E-state index < -0.39 is 0 Å². The van der Waals surface area contributed by atoms with E-state index in [4.69, 9.17) is 18.6 Å². The molecule has 0 unspecified atom stereocenters. The first-order valence-electron chi connectivity index (χ1n) is 10.2. The monoisotopic (exact) mass is 428 g/mol. The van der Waals surface area contributed by atoms with Crippen molar-refractivity contribution in [2.75, 3.05) is 21.3 Å². The molecule has 1 heterocycles. The molecule has 0 aliphatic heterocycles. The number of aryl methyl sites for hydroxylation is 1. The fourth-order valence-electron chi connectivity index (χ4n) is 3.58. The smallest absolute Gasteiger partial charge is 0.193 e. The quantitative estimate of drug-likeness (QED) is 0.355. The van der Waals surface area contributed by atoms with Crippen LogP contribution in [0.25, 0.3) is 34.4 Å². The van der Waals surface area contributed by atoms with Gasteiger partial charge in [-0.1, -0.05) is 35.9 Å². The SMILES string of the molecule is COc1ccc(C=Cc2cc(OC)cc(OC)c2-c2cc(=O)c3cc(C)ccc3o2)cc1. The van der Waals surface area contributed by atoms with Crippen LogP contribution in [0.3, 0.4) is 0 Å². The van der Waals surface area contributed by atoms with Crippen molar-refractivity contribution in [2.24, 2.45) is 0 Å². The summed E-state index contributed by atoms with van der Waals surface area (Å²) >= 11 is 0. The van der Waals surface area contributed by atoms with Crippen molar-refractivity contribution in [3.8, 4) is 28.6 Å². The fourth-order valence-corrected chi connectivity index (χ4v) is 3.58.